The largest absolute Gasteiger partial charge is 1.00 e. The van der Waals surface area contributed by atoms with Crippen LogP contribution in [0.5, 0.6) is 0 Å². The van der Waals surface area contributed by atoms with Crippen molar-refractivity contribution in [2.24, 2.45) is 21.1 Å². The predicted octanol–water partition coefficient (Wildman–Crippen LogP) is -1.97. The summed E-state index contributed by atoms with van der Waals surface area (Å²) < 4.78 is 12.1. The number of rotatable bonds is 6. The highest BCUT2D eigenvalue weighted by Crippen LogP contribution is 2.11. The topological polar surface area (TPSA) is 74.9 Å². The van der Waals surface area contributed by atoms with Crippen LogP contribution in [0.1, 0.15) is 17.0 Å². The third-order valence-corrected chi connectivity index (χ3v) is 5.24. The Morgan fingerprint density at radius 2 is 1.55 bits per heavy atom. The number of ether oxygens (including phenoxy) is 1. The van der Waals surface area contributed by atoms with E-state index in [1.54, 1.807) is 18.7 Å². The average molecular weight is 486 g/mol. The van der Waals surface area contributed by atoms with Gasteiger partial charge >= 0.3 is 5.69 Å². The van der Waals surface area contributed by atoms with E-state index < -0.39 is 5.69 Å². The Labute approximate surface area is 189 Å². The second-order valence-corrected chi connectivity index (χ2v) is 7.32. The van der Waals surface area contributed by atoms with Crippen molar-refractivity contribution in [1.82, 2.24) is 18.7 Å². The molecule has 31 heavy (non-hydrogen) atoms. The number of halogens is 1. The van der Waals surface area contributed by atoms with Crippen molar-refractivity contribution in [3.8, 4) is 0 Å². The van der Waals surface area contributed by atoms with Gasteiger partial charge in [0.15, 0.2) is 30.1 Å². The summed E-state index contributed by atoms with van der Waals surface area (Å²) in [6.45, 7) is 1.48. The fraction of sp³-hybridized carbons (Fsp3) is 0.273. The number of hydrogen-bond donors (Lipinski definition) is 0. The highest BCUT2D eigenvalue weighted by atomic mass is 79.9. The van der Waals surface area contributed by atoms with Gasteiger partial charge in [0.2, 0.25) is 0 Å². The van der Waals surface area contributed by atoms with Gasteiger partial charge in [0.1, 0.15) is 12.4 Å². The lowest BCUT2D eigenvalue weighted by molar-refractivity contribution is -0.688. The first-order chi connectivity index (χ1) is 14.5. The molecule has 9 heteroatoms. The van der Waals surface area contributed by atoms with Gasteiger partial charge < -0.3 is 26.3 Å². The van der Waals surface area contributed by atoms with Gasteiger partial charge in [0.05, 0.1) is 6.61 Å². The molecule has 3 aromatic heterocycles. The smallest absolute Gasteiger partial charge is 0.332 e. The van der Waals surface area contributed by atoms with Crippen LogP contribution in [0.3, 0.4) is 0 Å². The molecule has 4 aromatic rings. The molecule has 0 aliphatic rings. The molecule has 3 heterocycles. The lowest BCUT2D eigenvalue weighted by Crippen LogP contribution is -3.00. The first-order valence-corrected chi connectivity index (χ1v) is 9.66. The van der Waals surface area contributed by atoms with Crippen molar-refractivity contribution < 1.29 is 26.3 Å². The standard InChI is InChI=1S/C22H24N5O3.BrH/c1-24-18(23-20-19(24)21(28)26(3)22(29)25(20)2)15-30-14-17-9-11-27(12-10-17)13-16-7-5-4-6-8-16;/h4-12H,13-15H2,1-3H3;1H/q+1;/p-1. The van der Waals surface area contributed by atoms with Gasteiger partial charge in [0, 0.05) is 38.8 Å². The SMILES string of the molecule is Cn1c(=O)c2c(nc(COCc3cc[n+](Cc4ccccc4)cc3)n2C)n(C)c1=O.[Br-]. The molecule has 8 nitrogen and oxygen atoms in total. The van der Waals surface area contributed by atoms with Crippen molar-refractivity contribution in [2.45, 2.75) is 19.8 Å². The molecular formula is C22H24BrN5O3. The van der Waals surface area contributed by atoms with Gasteiger partial charge in [-0.15, -0.1) is 0 Å². The van der Waals surface area contributed by atoms with E-state index in [1.165, 1.54) is 17.2 Å². The normalized spacial score (nSPS) is 10.9. The molecule has 0 aliphatic carbocycles. The summed E-state index contributed by atoms with van der Waals surface area (Å²) in [6.07, 6.45) is 4.06. The summed E-state index contributed by atoms with van der Waals surface area (Å²) in [5.74, 6) is 0.596. The van der Waals surface area contributed by atoms with E-state index in [9.17, 15) is 9.59 Å². The van der Waals surface area contributed by atoms with Crippen LogP contribution in [-0.2, 0) is 45.6 Å². The van der Waals surface area contributed by atoms with Gasteiger partial charge in [-0.3, -0.25) is 13.9 Å². The molecule has 0 amide bonds. The first-order valence-electron chi connectivity index (χ1n) is 9.66. The van der Waals surface area contributed by atoms with Crippen molar-refractivity contribution in [2.75, 3.05) is 0 Å². The number of nitrogens with zero attached hydrogens (tertiary/aromatic N) is 5. The first kappa shape index (κ1) is 22.6. The Bertz CT molecular complexity index is 1310. The lowest BCUT2D eigenvalue weighted by Gasteiger charge is -2.05. The molecule has 0 fully saturated rings. The maximum Gasteiger partial charge on any atom is 0.332 e. The van der Waals surface area contributed by atoms with E-state index in [0.717, 1.165) is 16.7 Å². The number of pyridine rings is 1. The number of hydrogen-bond acceptors (Lipinski definition) is 4. The van der Waals surface area contributed by atoms with Crippen molar-refractivity contribution in [3.63, 3.8) is 0 Å². The highest BCUT2D eigenvalue weighted by Gasteiger charge is 2.17. The lowest BCUT2D eigenvalue weighted by atomic mass is 10.2. The van der Waals surface area contributed by atoms with Crippen LogP contribution in [-0.4, -0.2) is 18.7 Å². The molecule has 0 radical (unpaired) electrons. The molecular weight excluding hydrogens is 462 g/mol. The maximum absolute atomic E-state index is 12.4. The molecule has 0 spiro atoms. The zero-order chi connectivity index (χ0) is 21.3. The second-order valence-electron chi connectivity index (χ2n) is 7.32. The molecule has 1 aromatic carbocycles. The zero-order valence-corrected chi connectivity index (χ0v) is 19.2. The third kappa shape index (κ3) is 4.52. The predicted molar refractivity (Wildman–Crippen MR) is 112 cm³/mol. The van der Waals surface area contributed by atoms with E-state index in [0.29, 0.717) is 23.6 Å². The van der Waals surface area contributed by atoms with Crippen molar-refractivity contribution >= 4 is 11.2 Å². The fourth-order valence-corrected chi connectivity index (χ4v) is 3.44. The van der Waals surface area contributed by atoms with E-state index in [-0.39, 0.29) is 29.1 Å². The van der Waals surface area contributed by atoms with E-state index in [4.69, 9.17) is 4.74 Å². The average Bonchev–Trinajstić information content (AvgIpc) is 3.09. The minimum Gasteiger partial charge on any atom is -1.00 e. The summed E-state index contributed by atoms with van der Waals surface area (Å²) in [6, 6.07) is 14.3. The molecule has 0 N–H and O–H groups in total. The number of fused-ring (bicyclic) bond motifs is 1. The van der Waals surface area contributed by atoms with E-state index in [1.807, 2.05) is 42.7 Å². The van der Waals surface area contributed by atoms with Gasteiger partial charge in [-0.1, -0.05) is 30.3 Å². The summed E-state index contributed by atoms with van der Waals surface area (Å²) in [4.78, 5) is 29.0. The molecule has 0 saturated heterocycles. The minimum absolute atomic E-state index is 0. The Hall–Kier alpha value is -3.04. The fourth-order valence-electron chi connectivity index (χ4n) is 3.44. The van der Waals surface area contributed by atoms with Crippen LogP contribution >= 0.6 is 0 Å². The van der Waals surface area contributed by atoms with Gasteiger partial charge in [-0.2, -0.15) is 0 Å². The summed E-state index contributed by atoms with van der Waals surface area (Å²) in [5.41, 5.74) is 2.28. The highest BCUT2D eigenvalue weighted by molar-refractivity contribution is 5.70. The molecule has 0 bridgehead atoms. The molecule has 0 unspecified atom stereocenters. The van der Waals surface area contributed by atoms with E-state index >= 15 is 0 Å². The molecule has 0 atom stereocenters. The van der Waals surface area contributed by atoms with Crippen LogP contribution < -0.4 is 32.8 Å². The monoisotopic (exact) mass is 485 g/mol. The Balaban J connectivity index is 0.00000272. The van der Waals surface area contributed by atoms with Gasteiger partial charge in [-0.05, 0) is 5.56 Å². The van der Waals surface area contributed by atoms with Gasteiger partial charge in [0.25, 0.3) is 5.56 Å². The van der Waals surface area contributed by atoms with Gasteiger partial charge in [-0.25, -0.2) is 14.3 Å². The van der Waals surface area contributed by atoms with Crippen LogP contribution in [0.2, 0.25) is 0 Å². The molecule has 0 saturated carbocycles. The number of imidazole rings is 1. The molecule has 0 aliphatic heterocycles. The zero-order valence-electron chi connectivity index (χ0n) is 17.7. The number of aromatic nitrogens is 5. The summed E-state index contributed by atoms with van der Waals surface area (Å²) in [5, 5.41) is 0. The van der Waals surface area contributed by atoms with Crippen LogP contribution in [0.25, 0.3) is 11.2 Å². The molecule has 162 valence electrons. The van der Waals surface area contributed by atoms with Crippen LogP contribution in [0.4, 0.5) is 0 Å². The summed E-state index contributed by atoms with van der Waals surface area (Å²) in [7, 11) is 4.83. The van der Waals surface area contributed by atoms with E-state index in [2.05, 4.69) is 21.7 Å². The van der Waals surface area contributed by atoms with Crippen LogP contribution in [0, 0.1) is 0 Å². The van der Waals surface area contributed by atoms with Crippen LogP contribution in [0.15, 0.2) is 64.4 Å². The van der Waals surface area contributed by atoms with Crippen molar-refractivity contribution in [1.29, 1.82) is 0 Å². The number of aryl methyl sites for hydroxylation is 2. The quantitative estimate of drug-likeness (QED) is 0.297. The minimum atomic E-state index is -0.397. The second kappa shape index (κ2) is 9.40. The Morgan fingerprint density at radius 3 is 2.23 bits per heavy atom. The Morgan fingerprint density at radius 1 is 0.871 bits per heavy atom. The Kier molecular flexibility index (Phi) is 6.87. The molecule has 4 rings (SSSR count). The number of benzene rings is 1. The van der Waals surface area contributed by atoms with Crippen molar-refractivity contribution in [3.05, 3.63) is 92.6 Å². The summed E-state index contributed by atoms with van der Waals surface area (Å²) >= 11 is 0. The maximum atomic E-state index is 12.4. The third-order valence-electron chi connectivity index (χ3n) is 5.24.